The van der Waals surface area contributed by atoms with Gasteiger partial charge in [-0.1, -0.05) is 86.6 Å². The first-order chi connectivity index (χ1) is 13.7. The lowest BCUT2D eigenvalue weighted by Crippen LogP contribution is -2.40. The average Bonchev–Trinajstić information content (AvgIpc) is 2.77. The topological polar surface area (TPSA) is 38.3 Å². The number of hydrogen-bond donors (Lipinski definition) is 1. The molecule has 3 rings (SSSR count). The van der Waals surface area contributed by atoms with Crippen LogP contribution in [0.4, 0.5) is 0 Å². The van der Waals surface area contributed by atoms with Crippen molar-refractivity contribution in [1.29, 1.82) is 0 Å². The number of carbonyl (C=O) groups is 1. The summed E-state index contributed by atoms with van der Waals surface area (Å²) in [7, 11) is 0. The van der Waals surface area contributed by atoms with Crippen molar-refractivity contribution in [3.8, 4) is 5.75 Å². The van der Waals surface area contributed by atoms with Crippen LogP contribution in [0.3, 0.4) is 0 Å². The molecule has 1 atom stereocenters. The molecule has 0 fully saturated rings. The van der Waals surface area contributed by atoms with E-state index in [1.807, 2.05) is 91.9 Å². The molecule has 0 saturated heterocycles. The molecule has 0 aliphatic carbocycles. The Bertz CT molecular complexity index is 821. The Morgan fingerprint density at radius 1 is 0.821 bits per heavy atom. The van der Waals surface area contributed by atoms with Crippen LogP contribution in [0.25, 0.3) is 0 Å². The highest BCUT2D eigenvalue weighted by Crippen LogP contribution is 2.23. The summed E-state index contributed by atoms with van der Waals surface area (Å²) in [5.74, 6) is 0.606. The minimum atomic E-state index is -0.539. The van der Waals surface area contributed by atoms with Gasteiger partial charge in [0.1, 0.15) is 5.75 Å². The Morgan fingerprint density at radius 2 is 1.36 bits per heavy atom. The van der Waals surface area contributed by atoms with E-state index in [1.54, 1.807) is 0 Å². The van der Waals surface area contributed by atoms with Gasteiger partial charge in [-0.3, -0.25) is 4.79 Å². The quantitative estimate of drug-likeness (QED) is 0.581. The van der Waals surface area contributed by atoms with Crippen LogP contribution in [-0.4, -0.2) is 12.0 Å². The molecule has 0 aliphatic rings. The van der Waals surface area contributed by atoms with Crippen molar-refractivity contribution in [1.82, 2.24) is 5.32 Å². The molecule has 1 amide bonds. The van der Waals surface area contributed by atoms with Crippen LogP contribution in [0.2, 0.25) is 0 Å². The largest absolute Gasteiger partial charge is 0.481 e. The van der Waals surface area contributed by atoms with Crippen molar-refractivity contribution >= 4 is 5.91 Å². The van der Waals surface area contributed by atoms with Gasteiger partial charge in [-0.15, -0.1) is 0 Å². The Labute approximate surface area is 167 Å². The van der Waals surface area contributed by atoms with Gasteiger partial charge in [0.15, 0.2) is 6.10 Å². The summed E-state index contributed by atoms with van der Waals surface area (Å²) in [5, 5.41) is 3.18. The highest BCUT2D eigenvalue weighted by atomic mass is 16.5. The van der Waals surface area contributed by atoms with Crippen LogP contribution < -0.4 is 10.1 Å². The van der Waals surface area contributed by atoms with E-state index in [-0.39, 0.29) is 11.9 Å². The summed E-state index contributed by atoms with van der Waals surface area (Å²) in [6, 6.07) is 27.8. The number of carbonyl (C=O) groups excluding carboxylic acids is 1. The second kappa shape index (κ2) is 9.75. The lowest BCUT2D eigenvalue weighted by molar-refractivity contribution is -0.128. The fourth-order valence-electron chi connectivity index (χ4n) is 3.18. The molecule has 3 aromatic rings. The van der Waals surface area contributed by atoms with Gasteiger partial charge in [0.25, 0.3) is 5.91 Å². The molecule has 0 heterocycles. The van der Waals surface area contributed by atoms with Gasteiger partial charge in [-0.05, 0) is 41.7 Å². The third-order valence-electron chi connectivity index (χ3n) is 4.83. The summed E-state index contributed by atoms with van der Waals surface area (Å²) in [4.78, 5) is 13.0. The number of hydrogen-bond acceptors (Lipinski definition) is 2. The molecule has 1 N–H and O–H groups in total. The summed E-state index contributed by atoms with van der Waals surface area (Å²) in [5.41, 5.74) is 3.34. The third kappa shape index (κ3) is 5.01. The van der Waals surface area contributed by atoms with Gasteiger partial charge in [-0.25, -0.2) is 0 Å². The van der Waals surface area contributed by atoms with Gasteiger partial charge < -0.3 is 10.1 Å². The monoisotopic (exact) mass is 373 g/mol. The fraction of sp³-hybridized carbons (Fsp3) is 0.240. The molecule has 3 heteroatoms. The molecule has 0 aromatic heterocycles. The van der Waals surface area contributed by atoms with Gasteiger partial charge in [0.2, 0.25) is 0 Å². The van der Waals surface area contributed by atoms with E-state index in [2.05, 4.69) is 12.2 Å². The smallest absolute Gasteiger partial charge is 0.261 e. The normalized spacial score (nSPS) is 11.8. The molecule has 0 aliphatic heterocycles. The van der Waals surface area contributed by atoms with Crippen LogP contribution in [0.1, 0.15) is 43.0 Å². The zero-order valence-electron chi connectivity index (χ0n) is 16.5. The Hall–Kier alpha value is -3.07. The third-order valence-corrected chi connectivity index (χ3v) is 4.83. The SMILES string of the molecule is CCc1ccc(O[C@H](CC)C(=O)NC(c2ccccc2)c2ccccc2)cc1. The molecule has 0 unspecified atom stereocenters. The van der Waals surface area contributed by atoms with E-state index in [9.17, 15) is 4.79 Å². The van der Waals surface area contributed by atoms with E-state index in [0.717, 1.165) is 23.3 Å². The number of aryl methyl sites for hydroxylation is 1. The molecule has 0 saturated carbocycles. The first kappa shape index (κ1) is 19.7. The van der Waals surface area contributed by atoms with Crippen LogP contribution in [-0.2, 0) is 11.2 Å². The maximum atomic E-state index is 13.0. The van der Waals surface area contributed by atoms with E-state index in [1.165, 1.54) is 5.56 Å². The van der Waals surface area contributed by atoms with Gasteiger partial charge in [0, 0.05) is 0 Å². The number of rotatable bonds is 8. The van der Waals surface area contributed by atoms with Crippen LogP contribution >= 0.6 is 0 Å². The van der Waals surface area contributed by atoms with Crippen molar-refractivity contribution in [3.63, 3.8) is 0 Å². The summed E-state index contributed by atoms with van der Waals surface area (Å²) < 4.78 is 5.99. The molecule has 144 valence electrons. The van der Waals surface area contributed by atoms with Crippen molar-refractivity contribution in [2.24, 2.45) is 0 Å². The maximum absolute atomic E-state index is 13.0. The van der Waals surface area contributed by atoms with E-state index < -0.39 is 6.10 Å². The minimum absolute atomic E-state index is 0.111. The molecular formula is C25H27NO2. The van der Waals surface area contributed by atoms with Crippen molar-refractivity contribution in [2.75, 3.05) is 0 Å². The van der Waals surface area contributed by atoms with Gasteiger partial charge in [-0.2, -0.15) is 0 Å². The lowest BCUT2D eigenvalue weighted by Gasteiger charge is -2.24. The molecular weight excluding hydrogens is 346 g/mol. The van der Waals surface area contributed by atoms with Crippen molar-refractivity contribution in [2.45, 2.75) is 38.8 Å². The zero-order valence-corrected chi connectivity index (χ0v) is 16.5. The average molecular weight is 373 g/mol. The summed E-state index contributed by atoms with van der Waals surface area (Å²) >= 11 is 0. The van der Waals surface area contributed by atoms with E-state index >= 15 is 0 Å². The number of amides is 1. The number of nitrogens with one attached hydrogen (secondary N) is 1. The Balaban J connectivity index is 1.77. The van der Waals surface area contributed by atoms with Gasteiger partial charge in [0.05, 0.1) is 6.04 Å². The predicted molar refractivity (Wildman–Crippen MR) is 113 cm³/mol. The van der Waals surface area contributed by atoms with E-state index in [4.69, 9.17) is 4.74 Å². The summed E-state index contributed by atoms with van der Waals surface area (Å²) in [6.07, 6.45) is 1.04. The molecule has 0 radical (unpaired) electrons. The van der Waals surface area contributed by atoms with Crippen LogP contribution in [0.5, 0.6) is 5.75 Å². The Kier molecular flexibility index (Phi) is 6.85. The minimum Gasteiger partial charge on any atom is -0.481 e. The Morgan fingerprint density at radius 3 is 1.82 bits per heavy atom. The molecule has 0 spiro atoms. The van der Waals surface area contributed by atoms with E-state index in [0.29, 0.717) is 6.42 Å². The first-order valence-corrected chi connectivity index (χ1v) is 9.87. The molecule has 3 nitrogen and oxygen atoms in total. The van der Waals surface area contributed by atoms with Crippen molar-refractivity contribution in [3.05, 3.63) is 102 Å². The summed E-state index contributed by atoms with van der Waals surface area (Å²) in [6.45, 7) is 4.08. The maximum Gasteiger partial charge on any atom is 0.261 e. The number of ether oxygens (including phenoxy) is 1. The lowest BCUT2D eigenvalue weighted by atomic mass is 9.98. The molecule has 0 bridgehead atoms. The zero-order chi connectivity index (χ0) is 19.8. The molecule has 28 heavy (non-hydrogen) atoms. The van der Waals surface area contributed by atoms with Gasteiger partial charge >= 0.3 is 0 Å². The highest BCUT2D eigenvalue weighted by molar-refractivity contribution is 5.82. The van der Waals surface area contributed by atoms with Crippen molar-refractivity contribution < 1.29 is 9.53 Å². The van der Waals surface area contributed by atoms with Crippen LogP contribution in [0.15, 0.2) is 84.9 Å². The van der Waals surface area contributed by atoms with Crippen LogP contribution in [0, 0.1) is 0 Å². The number of benzene rings is 3. The standard InChI is InChI=1S/C25H27NO2/c1-3-19-15-17-22(18-16-19)28-23(4-2)25(27)26-24(20-11-7-5-8-12-20)21-13-9-6-10-14-21/h5-18,23-24H,3-4H2,1-2H3,(H,26,27)/t23-/m1/s1. The second-order valence-electron chi connectivity index (χ2n) is 6.78. The first-order valence-electron chi connectivity index (χ1n) is 9.87. The second-order valence-corrected chi connectivity index (χ2v) is 6.78. The highest BCUT2D eigenvalue weighted by Gasteiger charge is 2.23. The fourth-order valence-corrected chi connectivity index (χ4v) is 3.18. The predicted octanol–water partition coefficient (Wildman–Crippen LogP) is 5.31. The molecule has 3 aromatic carbocycles.